The number of amides is 1. The molecule has 19 heavy (non-hydrogen) atoms. The normalized spacial score (nSPS) is 26.5. The van der Waals surface area contributed by atoms with Gasteiger partial charge in [-0.05, 0) is 31.7 Å². The predicted molar refractivity (Wildman–Crippen MR) is 75.9 cm³/mol. The maximum atomic E-state index is 12.3. The first-order valence-electron chi connectivity index (χ1n) is 7.46. The summed E-state index contributed by atoms with van der Waals surface area (Å²) in [7, 11) is 1.94. The Hall–Kier alpha value is -0.610. The van der Waals surface area contributed by atoms with Crippen LogP contribution in [0, 0.1) is 17.3 Å². The van der Waals surface area contributed by atoms with Gasteiger partial charge in [-0.3, -0.25) is 4.79 Å². The molecule has 110 valence electrons. The van der Waals surface area contributed by atoms with E-state index in [0.717, 1.165) is 19.0 Å². The number of carbonyl (C=O) groups is 1. The minimum absolute atomic E-state index is 0.251. The van der Waals surface area contributed by atoms with Crippen molar-refractivity contribution < 1.29 is 9.53 Å². The van der Waals surface area contributed by atoms with Crippen molar-refractivity contribution in [2.24, 2.45) is 17.3 Å². The van der Waals surface area contributed by atoms with E-state index in [2.05, 4.69) is 18.7 Å². The van der Waals surface area contributed by atoms with Gasteiger partial charge in [0.25, 0.3) is 0 Å². The average Bonchev–Trinajstić information content (AvgIpc) is 2.71. The van der Waals surface area contributed by atoms with Crippen molar-refractivity contribution in [3.8, 4) is 0 Å². The van der Waals surface area contributed by atoms with E-state index in [1.165, 1.54) is 19.5 Å². The van der Waals surface area contributed by atoms with E-state index >= 15 is 0 Å². The first-order valence-corrected chi connectivity index (χ1v) is 7.46. The molecule has 0 aromatic heterocycles. The van der Waals surface area contributed by atoms with Crippen LogP contribution in [0.4, 0.5) is 0 Å². The van der Waals surface area contributed by atoms with Gasteiger partial charge in [0.15, 0.2) is 0 Å². The van der Waals surface area contributed by atoms with Gasteiger partial charge in [0, 0.05) is 26.7 Å². The van der Waals surface area contributed by atoms with E-state index in [-0.39, 0.29) is 11.3 Å². The van der Waals surface area contributed by atoms with Crippen molar-refractivity contribution >= 4 is 5.91 Å². The van der Waals surface area contributed by atoms with E-state index in [9.17, 15) is 4.79 Å². The number of hydrogen-bond acceptors (Lipinski definition) is 3. The van der Waals surface area contributed by atoms with Crippen LogP contribution in [0.3, 0.4) is 0 Å². The molecule has 4 heteroatoms. The van der Waals surface area contributed by atoms with Crippen LogP contribution < -0.4 is 0 Å². The molecule has 1 atom stereocenters. The highest BCUT2D eigenvalue weighted by atomic mass is 16.5. The summed E-state index contributed by atoms with van der Waals surface area (Å²) < 4.78 is 5.18. The van der Waals surface area contributed by atoms with E-state index in [1.54, 1.807) is 0 Å². The van der Waals surface area contributed by atoms with Crippen molar-refractivity contribution in [2.75, 3.05) is 46.4 Å². The number of carbonyl (C=O) groups excluding carboxylic acids is 1. The van der Waals surface area contributed by atoms with Crippen LogP contribution in [0.5, 0.6) is 0 Å². The summed E-state index contributed by atoms with van der Waals surface area (Å²) >= 11 is 0. The summed E-state index contributed by atoms with van der Waals surface area (Å²) in [6, 6.07) is 0. The lowest BCUT2D eigenvalue weighted by atomic mass is 9.87. The topological polar surface area (TPSA) is 32.8 Å². The monoisotopic (exact) mass is 268 g/mol. The Balaban J connectivity index is 1.77. The third-order valence-electron chi connectivity index (χ3n) is 4.23. The fourth-order valence-corrected chi connectivity index (χ4v) is 3.21. The average molecular weight is 268 g/mol. The highest BCUT2D eigenvalue weighted by molar-refractivity contribution is 5.83. The van der Waals surface area contributed by atoms with Crippen LogP contribution in [0.15, 0.2) is 0 Å². The minimum Gasteiger partial charge on any atom is -0.379 e. The van der Waals surface area contributed by atoms with Crippen molar-refractivity contribution in [3.63, 3.8) is 0 Å². The van der Waals surface area contributed by atoms with Crippen LogP contribution in [0.2, 0.25) is 0 Å². The molecule has 2 saturated heterocycles. The SMILES string of the molecule is CC(C)CN1CCC(CN(C)C(=O)C2(C)COC2)C1. The predicted octanol–water partition coefficient (Wildman–Crippen LogP) is 1.46. The van der Waals surface area contributed by atoms with Crippen LogP contribution >= 0.6 is 0 Å². The molecule has 0 radical (unpaired) electrons. The van der Waals surface area contributed by atoms with Crippen molar-refractivity contribution in [1.29, 1.82) is 0 Å². The summed E-state index contributed by atoms with van der Waals surface area (Å²) in [4.78, 5) is 16.8. The molecule has 0 N–H and O–H groups in total. The molecule has 2 fully saturated rings. The zero-order valence-corrected chi connectivity index (χ0v) is 12.8. The fourth-order valence-electron chi connectivity index (χ4n) is 3.21. The van der Waals surface area contributed by atoms with Crippen LogP contribution in [0.25, 0.3) is 0 Å². The summed E-state index contributed by atoms with van der Waals surface area (Å²) in [5, 5.41) is 0. The van der Waals surface area contributed by atoms with E-state index in [0.29, 0.717) is 19.1 Å². The molecule has 0 aromatic carbocycles. The van der Waals surface area contributed by atoms with Gasteiger partial charge >= 0.3 is 0 Å². The Kier molecular flexibility index (Phi) is 4.51. The van der Waals surface area contributed by atoms with E-state index < -0.39 is 0 Å². The zero-order valence-electron chi connectivity index (χ0n) is 12.8. The second-order valence-electron chi connectivity index (χ2n) is 7.05. The molecule has 4 nitrogen and oxygen atoms in total. The first-order chi connectivity index (χ1) is 8.90. The minimum atomic E-state index is -0.259. The molecule has 2 rings (SSSR count). The number of nitrogens with zero attached hydrogens (tertiary/aromatic N) is 2. The van der Waals surface area contributed by atoms with Gasteiger partial charge in [-0.25, -0.2) is 0 Å². The molecule has 1 unspecified atom stereocenters. The quantitative estimate of drug-likeness (QED) is 0.757. The molecule has 0 bridgehead atoms. The van der Waals surface area contributed by atoms with Crippen LogP contribution in [-0.2, 0) is 9.53 Å². The highest BCUT2D eigenvalue weighted by Crippen LogP contribution is 2.29. The molecule has 2 aliphatic heterocycles. The first kappa shape index (κ1) is 14.8. The molecule has 0 aromatic rings. The van der Waals surface area contributed by atoms with Crippen molar-refractivity contribution in [1.82, 2.24) is 9.80 Å². The molecule has 2 heterocycles. The van der Waals surface area contributed by atoms with E-state index in [4.69, 9.17) is 4.74 Å². The molecular formula is C15H28N2O2. The summed E-state index contributed by atoms with van der Waals surface area (Å²) in [6.45, 7) is 12.1. The van der Waals surface area contributed by atoms with Gasteiger partial charge in [0.1, 0.15) is 0 Å². The summed E-state index contributed by atoms with van der Waals surface area (Å²) in [5.74, 6) is 1.61. The largest absolute Gasteiger partial charge is 0.379 e. The lowest BCUT2D eigenvalue weighted by molar-refractivity contribution is -0.167. The Bertz CT molecular complexity index is 326. The Morgan fingerprint density at radius 1 is 1.47 bits per heavy atom. The lowest BCUT2D eigenvalue weighted by Crippen LogP contribution is -2.53. The highest BCUT2D eigenvalue weighted by Gasteiger charge is 2.43. The number of rotatable bonds is 5. The standard InChI is InChI=1S/C15H28N2O2/c1-12(2)7-17-6-5-13(9-17)8-16(4)14(18)15(3)10-19-11-15/h12-13H,5-11H2,1-4H3. The van der Waals surface area contributed by atoms with Gasteiger partial charge < -0.3 is 14.5 Å². The fraction of sp³-hybridized carbons (Fsp3) is 0.933. The summed E-state index contributed by atoms with van der Waals surface area (Å²) in [5.41, 5.74) is -0.259. The van der Waals surface area contributed by atoms with Crippen LogP contribution in [-0.4, -0.2) is 62.1 Å². The van der Waals surface area contributed by atoms with Gasteiger partial charge in [-0.1, -0.05) is 13.8 Å². The maximum absolute atomic E-state index is 12.3. The van der Waals surface area contributed by atoms with Crippen molar-refractivity contribution in [2.45, 2.75) is 27.2 Å². The molecule has 1 amide bonds. The zero-order chi connectivity index (χ0) is 14.0. The Morgan fingerprint density at radius 2 is 2.16 bits per heavy atom. The van der Waals surface area contributed by atoms with Gasteiger partial charge in [0.2, 0.25) is 5.91 Å². The molecule has 0 saturated carbocycles. The lowest BCUT2D eigenvalue weighted by Gasteiger charge is -2.39. The molecular weight excluding hydrogens is 240 g/mol. The smallest absolute Gasteiger partial charge is 0.232 e. The number of hydrogen-bond donors (Lipinski definition) is 0. The molecule has 2 aliphatic rings. The second kappa shape index (κ2) is 5.80. The Labute approximate surface area is 117 Å². The second-order valence-corrected chi connectivity index (χ2v) is 7.05. The molecule has 0 aliphatic carbocycles. The summed E-state index contributed by atoms with van der Waals surface area (Å²) in [6.07, 6.45) is 1.22. The Morgan fingerprint density at radius 3 is 2.68 bits per heavy atom. The van der Waals surface area contributed by atoms with Gasteiger partial charge in [-0.2, -0.15) is 0 Å². The van der Waals surface area contributed by atoms with E-state index in [1.807, 2.05) is 18.9 Å². The van der Waals surface area contributed by atoms with Gasteiger partial charge in [-0.15, -0.1) is 0 Å². The van der Waals surface area contributed by atoms with Crippen molar-refractivity contribution in [3.05, 3.63) is 0 Å². The molecule has 0 spiro atoms. The third kappa shape index (κ3) is 3.48. The van der Waals surface area contributed by atoms with Crippen LogP contribution in [0.1, 0.15) is 27.2 Å². The number of ether oxygens (including phenoxy) is 1. The maximum Gasteiger partial charge on any atom is 0.232 e. The third-order valence-corrected chi connectivity index (χ3v) is 4.23. The van der Waals surface area contributed by atoms with Gasteiger partial charge in [0.05, 0.1) is 18.6 Å². The number of likely N-dealkylation sites (tertiary alicyclic amines) is 1.